The fourth-order valence-electron chi connectivity index (χ4n) is 1.27. The van der Waals surface area contributed by atoms with Gasteiger partial charge in [0.2, 0.25) is 5.88 Å². The number of hydrogen-bond donors (Lipinski definition) is 1. The van der Waals surface area contributed by atoms with Crippen molar-refractivity contribution >= 4 is 17.3 Å². The molecule has 0 spiro atoms. The first kappa shape index (κ1) is 12.1. The number of pyridine rings is 1. The number of aromatic nitrogens is 2. The van der Waals surface area contributed by atoms with Crippen molar-refractivity contribution in [2.75, 3.05) is 6.61 Å². The molecule has 0 saturated carbocycles. The summed E-state index contributed by atoms with van der Waals surface area (Å²) in [7, 11) is 0. The zero-order valence-corrected chi connectivity index (χ0v) is 9.98. The van der Waals surface area contributed by atoms with E-state index in [0.717, 1.165) is 16.9 Å². The monoisotopic (exact) mass is 260 g/mol. The quantitative estimate of drug-likeness (QED) is 0.850. The van der Waals surface area contributed by atoms with Crippen molar-refractivity contribution in [1.29, 1.82) is 0 Å². The molecule has 0 aromatic carbocycles. The van der Waals surface area contributed by atoms with Crippen LogP contribution in [0.3, 0.4) is 0 Å². The summed E-state index contributed by atoms with van der Waals surface area (Å²) >= 11 is 1.04. The number of nitrogens with zero attached hydrogens (tertiary/aromatic N) is 2. The molecule has 18 heavy (non-hydrogen) atoms. The highest BCUT2D eigenvalue weighted by molar-refractivity contribution is 7.17. The Morgan fingerprint density at radius 2 is 2.22 bits per heavy atom. The van der Waals surface area contributed by atoms with Gasteiger partial charge in [-0.3, -0.25) is 4.98 Å². The van der Waals surface area contributed by atoms with Crippen LogP contribution in [0.2, 0.25) is 0 Å². The maximum absolute atomic E-state index is 11.1. The van der Waals surface area contributed by atoms with Crippen LogP contribution in [0, 0.1) is 12.3 Å². The molecule has 0 amide bonds. The highest BCUT2D eigenvalue weighted by Gasteiger charge is 2.19. The fraction of sp³-hybridized carbons (Fsp3) is 0.0833. The van der Waals surface area contributed by atoms with Gasteiger partial charge in [0.05, 0.1) is 0 Å². The van der Waals surface area contributed by atoms with Crippen LogP contribution in [0.1, 0.15) is 9.67 Å². The molecule has 2 aromatic heterocycles. The zero-order chi connectivity index (χ0) is 13.0. The molecule has 0 aliphatic carbocycles. The van der Waals surface area contributed by atoms with Gasteiger partial charge in [0, 0.05) is 18.0 Å². The number of aromatic carboxylic acids is 1. The molecule has 0 saturated heterocycles. The van der Waals surface area contributed by atoms with Gasteiger partial charge in [0.15, 0.2) is 11.5 Å². The van der Waals surface area contributed by atoms with E-state index in [2.05, 4.69) is 15.9 Å². The fourth-order valence-corrected chi connectivity index (χ4v) is 2.12. The van der Waals surface area contributed by atoms with Crippen molar-refractivity contribution in [2.45, 2.75) is 0 Å². The minimum absolute atomic E-state index is 0.0141. The zero-order valence-electron chi connectivity index (χ0n) is 9.16. The molecule has 0 aliphatic rings. The van der Waals surface area contributed by atoms with Crippen molar-refractivity contribution in [3.63, 3.8) is 0 Å². The van der Waals surface area contributed by atoms with Crippen molar-refractivity contribution in [3.8, 4) is 28.8 Å². The second-order valence-corrected chi connectivity index (χ2v) is 4.19. The van der Waals surface area contributed by atoms with Crippen LogP contribution in [0.15, 0.2) is 24.5 Å². The number of hydrogen-bond acceptors (Lipinski definition) is 5. The van der Waals surface area contributed by atoms with Crippen LogP contribution in [0.5, 0.6) is 5.88 Å². The lowest BCUT2D eigenvalue weighted by atomic mass is 10.3. The van der Waals surface area contributed by atoms with E-state index in [0.29, 0.717) is 5.01 Å². The van der Waals surface area contributed by atoms with E-state index in [1.165, 1.54) is 0 Å². The smallest absolute Gasteiger partial charge is 0.351 e. The summed E-state index contributed by atoms with van der Waals surface area (Å²) in [5.74, 6) is 1.24. The summed E-state index contributed by atoms with van der Waals surface area (Å²) in [5, 5.41) is 9.61. The minimum atomic E-state index is -1.08. The Labute approximate surface area is 107 Å². The largest absolute Gasteiger partial charge is 0.477 e. The van der Waals surface area contributed by atoms with Crippen molar-refractivity contribution in [2.24, 2.45) is 0 Å². The van der Waals surface area contributed by atoms with E-state index in [4.69, 9.17) is 16.3 Å². The molecule has 1 N–H and O–H groups in total. The lowest BCUT2D eigenvalue weighted by molar-refractivity contribution is 0.0698. The van der Waals surface area contributed by atoms with Crippen LogP contribution in [-0.4, -0.2) is 27.7 Å². The molecular formula is C12H8N2O3S. The molecule has 2 heterocycles. The standard InChI is InChI=1S/C12H8N2O3S/c1-2-7-17-10-9(12(15)16)18-11(14-10)8-3-5-13-6-4-8/h1,3-6H,7H2,(H,15,16). The van der Waals surface area contributed by atoms with E-state index in [1.54, 1.807) is 24.5 Å². The van der Waals surface area contributed by atoms with Crippen LogP contribution in [0.25, 0.3) is 10.6 Å². The number of carboxylic acids is 1. The van der Waals surface area contributed by atoms with Gasteiger partial charge in [-0.05, 0) is 12.1 Å². The normalized spacial score (nSPS) is 9.72. The molecule has 0 radical (unpaired) electrons. The van der Waals surface area contributed by atoms with E-state index in [-0.39, 0.29) is 17.4 Å². The molecule has 2 aromatic rings. The summed E-state index contributed by atoms with van der Waals surface area (Å²) < 4.78 is 5.12. The minimum Gasteiger partial charge on any atom is -0.477 e. The first-order chi connectivity index (χ1) is 8.72. The van der Waals surface area contributed by atoms with Gasteiger partial charge < -0.3 is 9.84 Å². The Hall–Kier alpha value is -2.39. The number of carboxylic acid groups (broad SMARTS) is 1. The van der Waals surface area contributed by atoms with Crippen LogP contribution in [-0.2, 0) is 0 Å². The summed E-state index contributed by atoms with van der Waals surface area (Å²) in [6.07, 6.45) is 8.29. The molecule has 0 fully saturated rings. The van der Waals surface area contributed by atoms with Gasteiger partial charge in [-0.25, -0.2) is 9.78 Å². The Balaban J connectivity index is 2.40. The van der Waals surface area contributed by atoms with Gasteiger partial charge in [-0.15, -0.1) is 17.8 Å². The van der Waals surface area contributed by atoms with E-state index < -0.39 is 5.97 Å². The molecule has 0 aliphatic heterocycles. The Kier molecular flexibility index (Phi) is 3.55. The predicted octanol–water partition coefficient (Wildman–Crippen LogP) is 1.92. The molecule has 0 unspecified atom stereocenters. The highest BCUT2D eigenvalue weighted by Crippen LogP contribution is 2.32. The van der Waals surface area contributed by atoms with E-state index in [1.807, 2.05) is 0 Å². The number of thiazole rings is 1. The number of terminal acetylenes is 1. The predicted molar refractivity (Wildman–Crippen MR) is 66.6 cm³/mol. The van der Waals surface area contributed by atoms with E-state index in [9.17, 15) is 4.79 Å². The third kappa shape index (κ3) is 2.47. The van der Waals surface area contributed by atoms with Crippen molar-refractivity contribution in [3.05, 3.63) is 29.4 Å². The van der Waals surface area contributed by atoms with Gasteiger partial charge in [-0.1, -0.05) is 5.92 Å². The molecule has 5 nitrogen and oxygen atoms in total. The van der Waals surface area contributed by atoms with Crippen LogP contribution < -0.4 is 4.74 Å². The van der Waals surface area contributed by atoms with Gasteiger partial charge in [0.25, 0.3) is 0 Å². The SMILES string of the molecule is C#CCOc1nc(-c2ccncc2)sc1C(=O)O. The van der Waals surface area contributed by atoms with Crippen molar-refractivity contribution < 1.29 is 14.6 Å². The highest BCUT2D eigenvalue weighted by atomic mass is 32.1. The topological polar surface area (TPSA) is 72.3 Å². The third-order valence-electron chi connectivity index (χ3n) is 2.01. The lowest BCUT2D eigenvalue weighted by Gasteiger charge is -1.97. The first-order valence-corrected chi connectivity index (χ1v) is 5.75. The van der Waals surface area contributed by atoms with Crippen LogP contribution in [0.4, 0.5) is 0 Å². The van der Waals surface area contributed by atoms with Gasteiger partial charge in [-0.2, -0.15) is 0 Å². The molecule has 2 rings (SSSR count). The number of ether oxygens (including phenoxy) is 1. The molecule has 0 bridgehead atoms. The Morgan fingerprint density at radius 1 is 1.50 bits per heavy atom. The van der Waals surface area contributed by atoms with E-state index >= 15 is 0 Å². The second kappa shape index (κ2) is 5.29. The maximum atomic E-state index is 11.1. The second-order valence-electron chi connectivity index (χ2n) is 3.19. The third-order valence-corrected chi connectivity index (χ3v) is 3.08. The van der Waals surface area contributed by atoms with Crippen molar-refractivity contribution in [1.82, 2.24) is 9.97 Å². The summed E-state index contributed by atoms with van der Waals surface area (Å²) in [6.45, 7) is -0.0141. The number of rotatable bonds is 4. The summed E-state index contributed by atoms with van der Waals surface area (Å²) in [4.78, 5) is 19.1. The maximum Gasteiger partial charge on any atom is 0.351 e. The molecule has 6 heteroatoms. The van der Waals surface area contributed by atoms with Gasteiger partial charge in [0.1, 0.15) is 5.01 Å². The lowest BCUT2D eigenvalue weighted by Crippen LogP contribution is -2.00. The van der Waals surface area contributed by atoms with Crippen LogP contribution >= 0.6 is 11.3 Å². The first-order valence-electron chi connectivity index (χ1n) is 4.93. The average Bonchev–Trinajstić information content (AvgIpc) is 2.81. The average molecular weight is 260 g/mol. The summed E-state index contributed by atoms with van der Waals surface area (Å²) in [6, 6.07) is 3.49. The summed E-state index contributed by atoms with van der Waals surface area (Å²) in [5.41, 5.74) is 0.785. The molecule has 0 atom stereocenters. The Morgan fingerprint density at radius 3 is 2.83 bits per heavy atom. The van der Waals surface area contributed by atoms with Gasteiger partial charge >= 0.3 is 5.97 Å². The number of carbonyl (C=O) groups is 1. The molecule has 90 valence electrons. The molecular weight excluding hydrogens is 252 g/mol. The Bertz CT molecular complexity index is 602.